The van der Waals surface area contributed by atoms with Crippen LogP contribution in [0.3, 0.4) is 0 Å². The van der Waals surface area contributed by atoms with E-state index in [9.17, 15) is 13.5 Å². The van der Waals surface area contributed by atoms with Crippen LogP contribution in [0, 0.1) is 5.92 Å². The zero-order chi connectivity index (χ0) is 14.5. The molecule has 0 aromatic carbocycles. The molecule has 0 radical (unpaired) electrons. The lowest BCUT2D eigenvalue weighted by Gasteiger charge is -2.65. The van der Waals surface area contributed by atoms with E-state index in [2.05, 4.69) is 20.9 Å². The van der Waals surface area contributed by atoms with Crippen LogP contribution in [0.4, 0.5) is 0 Å². The van der Waals surface area contributed by atoms with E-state index >= 15 is 0 Å². The summed E-state index contributed by atoms with van der Waals surface area (Å²) in [6.07, 6.45) is 4.10. The molecule has 2 bridgehead atoms. The number of nitrogens with zero attached hydrogens (tertiary/aromatic N) is 2. The third kappa shape index (κ3) is 2.11. The fourth-order valence-corrected chi connectivity index (χ4v) is 5.86. The van der Waals surface area contributed by atoms with E-state index in [1.807, 2.05) is 0 Å². The first-order valence-corrected chi connectivity index (χ1v) is 8.95. The summed E-state index contributed by atoms with van der Waals surface area (Å²) >= 11 is 9.16. The number of aromatic nitrogens is 1. The molecular weight excluding hydrogens is 368 g/mol. The van der Waals surface area contributed by atoms with Gasteiger partial charge in [-0.1, -0.05) is 11.6 Å². The highest BCUT2D eigenvalue weighted by Gasteiger charge is 2.62. The normalized spacial score (nSPS) is 28.1. The quantitative estimate of drug-likeness (QED) is 0.792. The first kappa shape index (κ1) is 14.7. The molecule has 110 valence electrons. The minimum atomic E-state index is -3.75. The number of aliphatic hydroxyl groups is 1. The van der Waals surface area contributed by atoms with E-state index in [1.54, 1.807) is 0 Å². The molecule has 8 heteroatoms. The second kappa shape index (κ2) is 4.91. The monoisotopic (exact) mass is 380 g/mol. The van der Waals surface area contributed by atoms with Gasteiger partial charge in [-0.25, -0.2) is 13.4 Å². The first-order valence-electron chi connectivity index (χ1n) is 6.34. The Kier molecular flexibility index (Phi) is 3.62. The van der Waals surface area contributed by atoms with Crippen molar-refractivity contribution in [3.05, 3.63) is 21.9 Å². The topological polar surface area (TPSA) is 70.5 Å². The van der Waals surface area contributed by atoms with Gasteiger partial charge in [0.05, 0.1) is 6.61 Å². The summed E-state index contributed by atoms with van der Waals surface area (Å²) in [5, 5.41) is 9.17. The molecule has 1 aromatic heterocycles. The first-order chi connectivity index (χ1) is 9.39. The van der Waals surface area contributed by atoms with Gasteiger partial charge in [-0.3, -0.25) is 0 Å². The minimum Gasteiger partial charge on any atom is -0.395 e. The maximum Gasteiger partial charge on any atom is 0.246 e. The highest BCUT2D eigenvalue weighted by Crippen LogP contribution is 2.61. The molecule has 1 N–H and O–H groups in total. The Labute approximate surface area is 131 Å². The largest absolute Gasteiger partial charge is 0.395 e. The molecule has 0 amide bonds. The second-order valence-electron chi connectivity index (χ2n) is 5.45. The van der Waals surface area contributed by atoms with Crippen molar-refractivity contribution in [1.29, 1.82) is 0 Å². The van der Waals surface area contributed by atoms with Crippen molar-refractivity contribution in [1.82, 2.24) is 9.29 Å². The van der Waals surface area contributed by atoms with Crippen LogP contribution in [0.25, 0.3) is 0 Å². The van der Waals surface area contributed by atoms with Gasteiger partial charge in [0.2, 0.25) is 10.0 Å². The molecule has 0 unspecified atom stereocenters. The van der Waals surface area contributed by atoms with Crippen molar-refractivity contribution < 1.29 is 13.5 Å². The van der Waals surface area contributed by atoms with Crippen LogP contribution in [0.2, 0.25) is 5.15 Å². The van der Waals surface area contributed by atoms with E-state index in [-0.39, 0.29) is 28.7 Å². The fourth-order valence-electron chi connectivity index (χ4n) is 3.14. The van der Waals surface area contributed by atoms with Gasteiger partial charge in [-0.05, 0) is 47.2 Å². The summed E-state index contributed by atoms with van der Waals surface area (Å²) < 4.78 is 27.6. The number of β-amino-alcohol motifs (C(OH)–C–C–N with tert-alkyl or cyclic N) is 1. The molecule has 0 atom stereocenters. The summed E-state index contributed by atoms with van der Waals surface area (Å²) in [5.41, 5.74) is -0.308. The number of sulfonamides is 1. The van der Waals surface area contributed by atoms with Gasteiger partial charge in [0.1, 0.15) is 10.0 Å². The average Bonchev–Trinajstić information content (AvgIpc) is 2.27. The van der Waals surface area contributed by atoms with Crippen molar-refractivity contribution in [2.45, 2.75) is 29.7 Å². The molecule has 0 saturated heterocycles. The summed E-state index contributed by atoms with van der Waals surface area (Å²) in [7, 11) is -3.75. The van der Waals surface area contributed by atoms with Crippen molar-refractivity contribution >= 4 is 37.6 Å². The zero-order valence-electron chi connectivity index (χ0n) is 10.6. The maximum absolute atomic E-state index is 12.8. The smallest absolute Gasteiger partial charge is 0.246 e. The molecule has 1 aromatic rings. The zero-order valence-corrected chi connectivity index (χ0v) is 13.7. The molecule has 1 heterocycles. The molecule has 3 fully saturated rings. The third-order valence-electron chi connectivity index (χ3n) is 4.18. The Morgan fingerprint density at radius 1 is 1.50 bits per heavy atom. The SMILES string of the molecule is O=S(=O)(c1cc(Br)cnc1Cl)N(CCO)C12CC(C1)C2. The summed E-state index contributed by atoms with van der Waals surface area (Å²) in [6.45, 7) is -0.109. The number of hydrogen-bond acceptors (Lipinski definition) is 4. The standard InChI is InChI=1S/C12H14BrClN2O3S/c13-9-3-10(11(14)15-7-9)20(18,19)16(1-2-17)12-4-8(5-12)6-12/h3,7-8,17H,1-2,4-6H2. The number of hydrogen-bond donors (Lipinski definition) is 1. The van der Waals surface area contributed by atoms with Gasteiger partial charge < -0.3 is 5.11 Å². The number of rotatable bonds is 5. The lowest BCUT2D eigenvalue weighted by Crippen LogP contribution is -2.69. The highest BCUT2D eigenvalue weighted by atomic mass is 79.9. The molecular formula is C12H14BrClN2O3S. The van der Waals surface area contributed by atoms with Crippen molar-refractivity contribution in [3.8, 4) is 0 Å². The van der Waals surface area contributed by atoms with E-state index < -0.39 is 10.0 Å². The van der Waals surface area contributed by atoms with Crippen LogP contribution >= 0.6 is 27.5 Å². The summed E-state index contributed by atoms with van der Waals surface area (Å²) in [5.74, 6) is 0.641. The van der Waals surface area contributed by atoms with Gasteiger partial charge >= 0.3 is 0 Å². The van der Waals surface area contributed by atoms with Crippen molar-refractivity contribution in [2.24, 2.45) is 5.92 Å². The maximum atomic E-state index is 12.8. The molecule has 0 aliphatic heterocycles. The molecule has 3 saturated carbocycles. The van der Waals surface area contributed by atoms with Crippen LogP contribution in [0.5, 0.6) is 0 Å². The Morgan fingerprint density at radius 2 is 2.15 bits per heavy atom. The van der Waals surface area contributed by atoms with Crippen LogP contribution in [-0.2, 0) is 10.0 Å². The van der Waals surface area contributed by atoms with Crippen molar-refractivity contribution in [2.75, 3.05) is 13.2 Å². The van der Waals surface area contributed by atoms with E-state index in [1.165, 1.54) is 16.6 Å². The lowest BCUT2D eigenvalue weighted by atomic mass is 9.50. The Hall–Kier alpha value is -0.210. The molecule has 20 heavy (non-hydrogen) atoms. The van der Waals surface area contributed by atoms with Crippen LogP contribution < -0.4 is 0 Å². The molecule has 0 spiro atoms. The van der Waals surface area contributed by atoms with Gasteiger partial charge in [0, 0.05) is 22.8 Å². The van der Waals surface area contributed by atoms with Crippen LogP contribution in [0.1, 0.15) is 19.3 Å². The molecule has 5 nitrogen and oxygen atoms in total. The predicted octanol–water partition coefficient (Wildman–Crippen LogP) is 2.03. The molecule has 3 aliphatic rings. The third-order valence-corrected chi connectivity index (χ3v) is 7.04. The summed E-state index contributed by atoms with van der Waals surface area (Å²) in [6, 6.07) is 1.46. The van der Waals surface area contributed by atoms with Gasteiger partial charge in [-0.2, -0.15) is 4.31 Å². The van der Waals surface area contributed by atoms with Gasteiger partial charge in [0.25, 0.3) is 0 Å². The minimum absolute atomic E-state index is 0.00767. The number of pyridine rings is 1. The van der Waals surface area contributed by atoms with Crippen LogP contribution in [-0.4, -0.2) is 41.5 Å². The second-order valence-corrected chi connectivity index (χ2v) is 8.55. The van der Waals surface area contributed by atoms with E-state index in [0.29, 0.717) is 10.4 Å². The van der Waals surface area contributed by atoms with E-state index in [0.717, 1.165) is 19.3 Å². The van der Waals surface area contributed by atoms with Gasteiger partial charge in [-0.15, -0.1) is 0 Å². The van der Waals surface area contributed by atoms with Crippen LogP contribution in [0.15, 0.2) is 21.6 Å². The fraction of sp³-hybridized carbons (Fsp3) is 0.583. The average molecular weight is 382 g/mol. The van der Waals surface area contributed by atoms with E-state index in [4.69, 9.17) is 11.6 Å². The van der Waals surface area contributed by atoms with Gasteiger partial charge in [0.15, 0.2) is 0 Å². The Balaban J connectivity index is 2.02. The highest BCUT2D eigenvalue weighted by molar-refractivity contribution is 9.10. The summed E-state index contributed by atoms with van der Waals surface area (Å²) in [4.78, 5) is 3.87. The lowest BCUT2D eigenvalue weighted by molar-refractivity contribution is -0.107. The molecule has 3 aliphatic carbocycles. The number of halogens is 2. The number of aliphatic hydroxyl groups excluding tert-OH is 1. The Morgan fingerprint density at radius 3 is 2.65 bits per heavy atom. The van der Waals surface area contributed by atoms with Crippen molar-refractivity contribution in [3.63, 3.8) is 0 Å². The Bertz CT molecular complexity index is 635. The predicted molar refractivity (Wildman–Crippen MR) is 78.0 cm³/mol. The molecule has 4 rings (SSSR count).